The van der Waals surface area contributed by atoms with Gasteiger partial charge in [0.25, 0.3) is 0 Å². The maximum absolute atomic E-state index is 11.8. The molecule has 20 heavy (non-hydrogen) atoms. The average molecular weight is 310 g/mol. The number of hydrogen-bond acceptors (Lipinski definition) is 3. The number of rotatable bonds is 5. The van der Waals surface area contributed by atoms with Gasteiger partial charge in [0.2, 0.25) is 5.91 Å². The van der Waals surface area contributed by atoms with Gasteiger partial charge in [0.1, 0.15) is 0 Å². The number of aromatic amines is 1. The van der Waals surface area contributed by atoms with Gasteiger partial charge in [-0.1, -0.05) is 37.6 Å². The summed E-state index contributed by atoms with van der Waals surface area (Å²) in [4.78, 5) is 12.7. The van der Waals surface area contributed by atoms with Crippen molar-refractivity contribution in [3.05, 3.63) is 41.0 Å². The Morgan fingerprint density at radius 2 is 2.20 bits per heavy atom. The molecule has 0 bridgehead atoms. The highest BCUT2D eigenvalue weighted by atomic mass is 35.5. The molecule has 2 aromatic rings. The molecular formula is C14H16ClN3OS. The van der Waals surface area contributed by atoms with Gasteiger partial charge in [0.05, 0.1) is 10.8 Å². The summed E-state index contributed by atoms with van der Waals surface area (Å²) in [7, 11) is 0. The summed E-state index contributed by atoms with van der Waals surface area (Å²) < 4.78 is 0. The molecule has 0 atom stereocenters. The number of carbonyl (C=O) groups is 1. The Balaban J connectivity index is 1.88. The van der Waals surface area contributed by atoms with Gasteiger partial charge in [-0.2, -0.15) is 5.10 Å². The van der Waals surface area contributed by atoms with Crippen molar-refractivity contribution >= 4 is 35.1 Å². The lowest BCUT2D eigenvalue weighted by atomic mass is 10.1. The monoisotopic (exact) mass is 309 g/mol. The van der Waals surface area contributed by atoms with E-state index in [-0.39, 0.29) is 5.91 Å². The summed E-state index contributed by atoms with van der Waals surface area (Å²) >= 11 is 7.44. The second-order valence-corrected chi connectivity index (χ2v) is 6.05. The van der Waals surface area contributed by atoms with Crippen molar-refractivity contribution in [2.45, 2.75) is 24.7 Å². The van der Waals surface area contributed by atoms with Crippen LogP contribution < -0.4 is 5.32 Å². The fourth-order valence-corrected chi connectivity index (χ4v) is 2.62. The molecule has 0 aliphatic rings. The van der Waals surface area contributed by atoms with Crippen LogP contribution in [-0.2, 0) is 4.79 Å². The molecule has 0 spiro atoms. The van der Waals surface area contributed by atoms with Gasteiger partial charge in [-0.15, -0.1) is 11.8 Å². The molecule has 0 fully saturated rings. The third kappa shape index (κ3) is 4.02. The van der Waals surface area contributed by atoms with E-state index in [1.165, 1.54) is 11.8 Å². The van der Waals surface area contributed by atoms with E-state index in [0.717, 1.165) is 10.6 Å². The molecule has 0 unspecified atom stereocenters. The van der Waals surface area contributed by atoms with E-state index in [0.29, 0.717) is 22.5 Å². The lowest BCUT2D eigenvalue weighted by molar-refractivity contribution is -0.113. The Kier molecular flexibility index (Phi) is 5.09. The summed E-state index contributed by atoms with van der Waals surface area (Å²) in [5.74, 6) is 1.11. The largest absolute Gasteiger partial charge is 0.308 e. The Labute approximate surface area is 127 Å². The highest BCUT2D eigenvalue weighted by Gasteiger charge is 2.09. The molecular weight excluding hydrogens is 294 g/mol. The first kappa shape index (κ1) is 14.9. The first-order valence-electron chi connectivity index (χ1n) is 6.28. The molecule has 0 aliphatic carbocycles. The predicted molar refractivity (Wildman–Crippen MR) is 83.5 cm³/mol. The van der Waals surface area contributed by atoms with Crippen molar-refractivity contribution in [1.82, 2.24) is 10.2 Å². The van der Waals surface area contributed by atoms with Crippen LogP contribution in [0.1, 0.15) is 25.5 Å². The number of amides is 1. The van der Waals surface area contributed by atoms with E-state index in [4.69, 9.17) is 11.6 Å². The Morgan fingerprint density at radius 3 is 2.85 bits per heavy atom. The number of carbonyl (C=O) groups excluding carboxylic acids is 1. The highest BCUT2D eigenvalue weighted by Crippen LogP contribution is 2.26. The number of halogens is 1. The predicted octanol–water partition coefficient (Wildman–Crippen LogP) is 3.92. The summed E-state index contributed by atoms with van der Waals surface area (Å²) in [6, 6.07) is 9.32. The van der Waals surface area contributed by atoms with Crippen molar-refractivity contribution < 1.29 is 4.79 Å². The number of hydrogen-bond donors (Lipinski definition) is 2. The maximum atomic E-state index is 11.8. The van der Waals surface area contributed by atoms with Crippen molar-refractivity contribution in [3.63, 3.8) is 0 Å². The van der Waals surface area contributed by atoms with Gasteiger partial charge in [0, 0.05) is 16.7 Å². The molecule has 0 saturated carbocycles. The first-order chi connectivity index (χ1) is 9.56. The molecule has 1 aromatic heterocycles. The quantitative estimate of drug-likeness (QED) is 0.823. The van der Waals surface area contributed by atoms with Gasteiger partial charge in [0.15, 0.2) is 5.82 Å². The topological polar surface area (TPSA) is 57.8 Å². The zero-order chi connectivity index (χ0) is 14.5. The number of thioether (sulfide) groups is 1. The molecule has 6 heteroatoms. The smallest absolute Gasteiger partial charge is 0.235 e. The van der Waals surface area contributed by atoms with Crippen molar-refractivity contribution in [1.29, 1.82) is 0 Å². The number of aromatic nitrogens is 2. The zero-order valence-electron chi connectivity index (χ0n) is 11.3. The minimum Gasteiger partial charge on any atom is -0.308 e. The minimum absolute atomic E-state index is 0.100. The van der Waals surface area contributed by atoms with Crippen LogP contribution in [0.3, 0.4) is 0 Å². The fourth-order valence-electron chi connectivity index (χ4n) is 1.58. The standard InChI is InChI=1S/C14H16ClN3OS/c1-9(2)11-7-13(18-17-11)16-14(19)8-20-12-6-4-3-5-10(12)15/h3-7,9H,8H2,1-2H3,(H2,16,17,18,19). The number of nitrogens with one attached hydrogen (secondary N) is 2. The number of nitrogens with zero attached hydrogens (tertiary/aromatic N) is 1. The van der Waals surface area contributed by atoms with Crippen LogP contribution in [0.5, 0.6) is 0 Å². The van der Waals surface area contributed by atoms with Crippen LogP contribution in [-0.4, -0.2) is 21.9 Å². The molecule has 1 heterocycles. The second-order valence-electron chi connectivity index (χ2n) is 4.63. The third-order valence-electron chi connectivity index (χ3n) is 2.68. The molecule has 2 rings (SSSR count). The molecule has 106 valence electrons. The van der Waals surface area contributed by atoms with E-state index in [9.17, 15) is 4.79 Å². The zero-order valence-corrected chi connectivity index (χ0v) is 12.9. The molecule has 4 nitrogen and oxygen atoms in total. The van der Waals surface area contributed by atoms with Gasteiger partial charge in [-0.05, 0) is 18.1 Å². The van der Waals surface area contributed by atoms with Gasteiger partial charge >= 0.3 is 0 Å². The van der Waals surface area contributed by atoms with Gasteiger partial charge < -0.3 is 5.32 Å². The van der Waals surface area contributed by atoms with Crippen molar-refractivity contribution in [2.75, 3.05) is 11.1 Å². The SMILES string of the molecule is CC(C)c1cc(NC(=O)CSc2ccccc2Cl)n[nH]1. The summed E-state index contributed by atoms with van der Waals surface area (Å²) in [6.45, 7) is 4.12. The minimum atomic E-state index is -0.100. The first-order valence-corrected chi connectivity index (χ1v) is 7.65. The fraction of sp³-hybridized carbons (Fsp3) is 0.286. The van der Waals surface area contributed by atoms with E-state index < -0.39 is 0 Å². The molecule has 0 saturated heterocycles. The van der Waals surface area contributed by atoms with E-state index in [2.05, 4.69) is 29.4 Å². The molecule has 0 radical (unpaired) electrons. The lowest BCUT2D eigenvalue weighted by Crippen LogP contribution is -2.14. The second kappa shape index (κ2) is 6.81. The van der Waals surface area contributed by atoms with Gasteiger partial charge in [-0.25, -0.2) is 0 Å². The van der Waals surface area contributed by atoms with Crippen molar-refractivity contribution in [2.24, 2.45) is 0 Å². The molecule has 0 aliphatic heterocycles. The van der Waals surface area contributed by atoms with Crippen LogP contribution in [0.4, 0.5) is 5.82 Å². The lowest BCUT2D eigenvalue weighted by Gasteiger charge is -2.03. The van der Waals surface area contributed by atoms with Crippen LogP contribution in [0.15, 0.2) is 35.2 Å². The number of H-pyrrole nitrogens is 1. The van der Waals surface area contributed by atoms with E-state index in [1.807, 2.05) is 30.3 Å². The van der Waals surface area contributed by atoms with Crippen LogP contribution in [0.2, 0.25) is 5.02 Å². The average Bonchev–Trinajstić information content (AvgIpc) is 2.86. The van der Waals surface area contributed by atoms with Crippen LogP contribution >= 0.6 is 23.4 Å². The summed E-state index contributed by atoms with van der Waals surface area (Å²) in [5.41, 5.74) is 0.999. The van der Waals surface area contributed by atoms with Crippen molar-refractivity contribution in [3.8, 4) is 0 Å². The highest BCUT2D eigenvalue weighted by molar-refractivity contribution is 8.00. The van der Waals surface area contributed by atoms with Crippen LogP contribution in [0.25, 0.3) is 0 Å². The molecule has 1 amide bonds. The molecule has 1 aromatic carbocycles. The molecule has 2 N–H and O–H groups in total. The normalized spacial score (nSPS) is 10.8. The van der Waals surface area contributed by atoms with E-state index >= 15 is 0 Å². The number of benzene rings is 1. The Hall–Kier alpha value is -1.46. The van der Waals surface area contributed by atoms with Crippen LogP contribution in [0, 0.1) is 0 Å². The summed E-state index contributed by atoms with van der Waals surface area (Å²) in [6.07, 6.45) is 0. The maximum Gasteiger partial charge on any atom is 0.235 e. The van der Waals surface area contributed by atoms with Gasteiger partial charge in [-0.3, -0.25) is 9.89 Å². The Morgan fingerprint density at radius 1 is 1.45 bits per heavy atom. The Bertz CT molecular complexity index is 598. The number of anilines is 1. The van der Waals surface area contributed by atoms with E-state index in [1.54, 1.807) is 0 Å². The summed E-state index contributed by atoms with van der Waals surface area (Å²) in [5, 5.41) is 10.4. The third-order valence-corrected chi connectivity index (χ3v) is 4.20.